The van der Waals surface area contributed by atoms with Crippen molar-refractivity contribution in [1.29, 1.82) is 0 Å². The number of benzene rings is 2. The zero-order chi connectivity index (χ0) is 18.4. The Kier molecular flexibility index (Phi) is 3.39. The molecular weight excluding hydrogens is 340 g/mol. The number of H-pyrrole nitrogens is 1. The van der Waals surface area contributed by atoms with Crippen LogP contribution in [0.15, 0.2) is 71.9 Å². The van der Waals surface area contributed by atoms with Crippen LogP contribution in [0.5, 0.6) is 0 Å². The van der Waals surface area contributed by atoms with Gasteiger partial charge in [0.1, 0.15) is 11.8 Å². The lowest BCUT2D eigenvalue weighted by Gasteiger charge is -2.13. The lowest BCUT2D eigenvalue weighted by Crippen LogP contribution is -2.21. The molecule has 0 aliphatic carbocycles. The number of hydrogen-bond acceptors (Lipinski definition) is 4. The van der Waals surface area contributed by atoms with Crippen molar-refractivity contribution in [2.45, 2.75) is 13.0 Å². The topological polar surface area (TPSA) is 81.4 Å². The normalized spacial score (nSPS) is 12.6. The molecule has 0 spiro atoms. The van der Waals surface area contributed by atoms with Crippen LogP contribution in [-0.2, 0) is 0 Å². The van der Waals surface area contributed by atoms with Crippen LogP contribution in [0.1, 0.15) is 18.5 Å². The molecule has 0 fully saturated rings. The average Bonchev–Trinajstić information content (AvgIpc) is 3.28. The maximum absolute atomic E-state index is 12.6. The Bertz CT molecular complexity index is 1310. The van der Waals surface area contributed by atoms with Crippen molar-refractivity contribution in [1.82, 2.24) is 29.1 Å². The van der Waals surface area contributed by atoms with E-state index in [9.17, 15) is 4.79 Å². The SMILES string of the molecule is CC(c1ccccc1)n1c(=O)[nH]c2cnc(-n3cnc4ccccc43)nc21. The van der Waals surface area contributed by atoms with E-state index in [2.05, 4.69) is 19.9 Å². The average molecular weight is 356 g/mol. The Labute approximate surface area is 154 Å². The van der Waals surface area contributed by atoms with Crippen LogP contribution in [0.4, 0.5) is 0 Å². The Balaban J connectivity index is 1.71. The molecule has 3 aromatic heterocycles. The van der Waals surface area contributed by atoms with Crippen molar-refractivity contribution in [2.75, 3.05) is 0 Å². The summed E-state index contributed by atoms with van der Waals surface area (Å²) in [6.07, 6.45) is 3.34. The van der Waals surface area contributed by atoms with Gasteiger partial charge in [0.15, 0.2) is 5.65 Å². The number of nitrogens with one attached hydrogen (secondary N) is 1. The molecule has 0 amide bonds. The van der Waals surface area contributed by atoms with E-state index in [1.807, 2.05) is 66.1 Å². The smallest absolute Gasteiger partial charge is 0.303 e. The van der Waals surface area contributed by atoms with Gasteiger partial charge < -0.3 is 4.98 Å². The fourth-order valence-corrected chi connectivity index (χ4v) is 3.38. The molecule has 2 aromatic carbocycles. The number of imidazole rings is 2. The van der Waals surface area contributed by atoms with Gasteiger partial charge in [0.25, 0.3) is 0 Å². The lowest BCUT2D eigenvalue weighted by atomic mass is 10.1. The Hall–Kier alpha value is -3.74. The van der Waals surface area contributed by atoms with Crippen molar-refractivity contribution >= 4 is 22.2 Å². The second-order valence-electron chi connectivity index (χ2n) is 6.40. The summed E-state index contributed by atoms with van der Waals surface area (Å²) in [6.45, 7) is 1.98. The highest BCUT2D eigenvalue weighted by Gasteiger charge is 2.17. The third-order valence-corrected chi connectivity index (χ3v) is 4.78. The molecule has 132 valence electrons. The van der Waals surface area contributed by atoms with Crippen molar-refractivity contribution in [3.05, 3.63) is 83.2 Å². The van der Waals surface area contributed by atoms with E-state index >= 15 is 0 Å². The zero-order valence-corrected chi connectivity index (χ0v) is 14.6. The van der Waals surface area contributed by atoms with Gasteiger partial charge in [-0.05, 0) is 24.6 Å². The second kappa shape index (κ2) is 5.91. The summed E-state index contributed by atoms with van der Waals surface area (Å²) in [6, 6.07) is 17.5. The molecule has 1 N–H and O–H groups in total. The molecule has 3 heterocycles. The predicted molar refractivity (Wildman–Crippen MR) is 103 cm³/mol. The van der Waals surface area contributed by atoms with Gasteiger partial charge in [-0.3, -0.25) is 9.13 Å². The first-order valence-electron chi connectivity index (χ1n) is 8.67. The maximum Gasteiger partial charge on any atom is 0.328 e. The molecule has 0 radical (unpaired) electrons. The van der Waals surface area contributed by atoms with E-state index in [0.29, 0.717) is 17.1 Å². The fourth-order valence-electron chi connectivity index (χ4n) is 3.38. The summed E-state index contributed by atoms with van der Waals surface area (Å²) in [5.74, 6) is 0.476. The van der Waals surface area contributed by atoms with E-state index in [-0.39, 0.29) is 11.7 Å². The van der Waals surface area contributed by atoms with Crippen molar-refractivity contribution in [2.24, 2.45) is 0 Å². The van der Waals surface area contributed by atoms with Gasteiger partial charge in [-0.15, -0.1) is 0 Å². The Morgan fingerprint density at radius 2 is 1.78 bits per heavy atom. The molecule has 5 rings (SSSR count). The highest BCUT2D eigenvalue weighted by atomic mass is 16.1. The largest absolute Gasteiger partial charge is 0.328 e. The second-order valence-corrected chi connectivity index (χ2v) is 6.40. The van der Waals surface area contributed by atoms with Gasteiger partial charge in [-0.1, -0.05) is 42.5 Å². The van der Waals surface area contributed by atoms with Crippen LogP contribution in [-0.4, -0.2) is 29.1 Å². The van der Waals surface area contributed by atoms with Crippen molar-refractivity contribution in [3.63, 3.8) is 0 Å². The number of hydrogen-bond donors (Lipinski definition) is 1. The van der Waals surface area contributed by atoms with Gasteiger partial charge in [0.2, 0.25) is 5.95 Å². The monoisotopic (exact) mass is 356 g/mol. The van der Waals surface area contributed by atoms with E-state index < -0.39 is 0 Å². The standard InChI is InChI=1S/C20H16N6O/c1-13(14-7-3-2-4-8-14)26-18-16(23-20(26)27)11-21-19(24-18)25-12-22-15-9-5-6-10-17(15)25/h2-13H,1H3,(H,23,27). The Morgan fingerprint density at radius 3 is 2.63 bits per heavy atom. The minimum absolute atomic E-state index is 0.158. The third kappa shape index (κ3) is 2.43. The first-order valence-corrected chi connectivity index (χ1v) is 8.67. The highest BCUT2D eigenvalue weighted by Crippen LogP contribution is 2.21. The molecular formula is C20H16N6O. The predicted octanol–water partition coefficient (Wildman–Crippen LogP) is 3.07. The number of aromatic nitrogens is 6. The highest BCUT2D eigenvalue weighted by molar-refractivity contribution is 5.77. The molecule has 1 unspecified atom stereocenters. The summed E-state index contributed by atoms with van der Waals surface area (Å²) in [5.41, 5.74) is 3.79. The van der Waals surface area contributed by atoms with Gasteiger partial charge in [0, 0.05) is 0 Å². The maximum atomic E-state index is 12.6. The van der Waals surface area contributed by atoms with E-state index in [0.717, 1.165) is 16.6 Å². The molecule has 1 atom stereocenters. The summed E-state index contributed by atoms with van der Waals surface area (Å²) in [7, 11) is 0. The summed E-state index contributed by atoms with van der Waals surface area (Å²) in [5, 5.41) is 0. The molecule has 0 bridgehead atoms. The molecule has 0 aliphatic rings. The molecule has 7 heteroatoms. The number of rotatable bonds is 3. The van der Waals surface area contributed by atoms with Crippen LogP contribution in [0.25, 0.3) is 28.1 Å². The lowest BCUT2D eigenvalue weighted by molar-refractivity contribution is 0.629. The quantitative estimate of drug-likeness (QED) is 0.539. The zero-order valence-electron chi connectivity index (χ0n) is 14.6. The van der Waals surface area contributed by atoms with Crippen molar-refractivity contribution < 1.29 is 0 Å². The van der Waals surface area contributed by atoms with Gasteiger partial charge in [-0.25, -0.2) is 14.8 Å². The molecule has 7 nitrogen and oxygen atoms in total. The van der Waals surface area contributed by atoms with Gasteiger partial charge in [0.05, 0.1) is 23.3 Å². The number of nitrogens with zero attached hydrogens (tertiary/aromatic N) is 5. The van der Waals surface area contributed by atoms with Crippen LogP contribution >= 0.6 is 0 Å². The summed E-state index contributed by atoms with van der Waals surface area (Å²) >= 11 is 0. The van der Waals surface area contributed by atoms with Crippen LogP contribution in [0, 0.1) is 0 Å². The fraction of sp³-hybridized carbons (Fsp3) is 0.100. The first kappa shape index (κ1) is 15.5. The number of fused-ring (bicyclic) bond motifs is 2. The molecule has 5 aromatic rings. The van der Waals surface area contributed by atoms with Crippen molar-refractivity contribution in [3.8, 4) is 5.95 Å². The molecule has 0 saturated heterocycles. The molecule has 27 heavy (non-hydrogen) atoms. The first-order chi connectivity index (χ1) is 13.2. The van der Waals surface area contributed by atoms with Crippen LogP contribution in [0.3, 0.4) is 0 Å². The van der Waals surface area contributed by atoms with E-state index in [1.165, 1.54) is 0 Å². The number of aromatic amines is 1. The third-order valence-electron chi connectivity index (χ3n) is 4.78. The van der Waals surface area contributed by atoms with Gasteiger partial charge >= 0.3 is 5.69 Å². The van der Waals surface area contributed by atoms with E-state index in [4.69, 9.17) is 0 Å². The van der Waals surface area contributed by atoms with Gasteiger partial charge in [-0.2, -0.15) is 4.98 Å². The summed E-state index contributed by atoms with van der Waals surface area (Å²) < 4.78 is 3.48. The minimum Gasteiger partial charge on any atom is -0.303 e. The molecule has 0 aliphatic heterocycles. The molecule has 0 saturated carbocycles. The van der Waals surface area contributed by atoms with Crippen LogP contribution in [0.2, 0.25) is 0 Å². The number of para-hydroxylation sites is 2. The minimum atomic E-state index is -0.205. The Morgan fingerprint density at radius 1 is 1.00 bits per heavy atom. The summed E-state index contributed by atoms with van der Waals surface area (Å²) in [4.78, 5) is 28.9. The van der Waals surface area contributed by atoms with E-state index in [1.54, 1.807) is 17.1 Å². The van der Waals surface area contributed by atoms with Crippen LogP contribution < -0.4 is 5.69 Å².